The van der Waals surface area contributed by atoms with E-state index < -0.39 is 0 Å². The van der Waals surface area contributed by atoms with Gasteiger partial charge >= 0.3 is 0 Å². The summed E-state index contributed by atoms with van der Waals surface area (Å²) in [7, 11) is 0. The number of nitrogens with one attached hydrogen (secondary N) is 1. The minimum atomic E-state index is 0.0891. The van der Waals surface area contributed by atoms with Crippen LogP contribution in [0.25, 0.3) is 11.4 Å². The monoisotopic (exact) mass is 496 g/mol. The van der Waals surface area contributed by atoms with E-state index in [1.165, 1.54) is 11.1 Å². The van der Waals surface area contributed by atoms with Gasteiger partial charge < -0.3 is 9.84 Å². The summed E-state index contributed by atoms with van der Waals surface area (Å²) in [5.74, 6) is 1.49. The molecule has 1 fully saturated rings. The van der Waals surface area contributed by atoms with Crippen molar-refractivity contribution in [2.24, 2.45) is 5.92 Å². The standard InChI is InChI=1S/C25H29BrN4O2/c1-18-4-2-5-19(16-18)6-3-13-27-25(31)21-11-14-30(15-12-21)17-23-28-24(29-32-23)20-7-9-22(26)10-8-20/h2,4-5,7-10,16,21H,3,6,11-15,17H2,1H3,(H,27,31). The molecule has 0 atom stereocenters. The van der Waals surface area contributed by atoms with E-state index in [0.29, 0.717) is 18.3 Å². The number of aryl methyl sites for hydroxylation is 2. The highest BCUT2D eigenvalue weighted by molar-refractivity contribution is 9.10. The van der Waals surface area contributed by atoms with Crippen molar-refractivity contribution in [2.75, 3.05) is 19.6 Å². The van der Waals surface area contributed by atoms with Crippen LogP contribution in [-0.4, -0.2) is 40.6 Å². The smallest absolute Gasteiger partial charge is 0.241 e. The van der Waals surface area contributed by atoms with E-state index in [1.54, 1.807) is 0 Å². The van der Waals surface area contributed by atoms with Gasteiger partial charge in [0, 0.05) is 22.5 Å². The van der Waals surface area contributed by atoms with E-state index in [0.717, 1.165) is 55.4 Å². The number of nitrogens with zero attached hydrogens (tertiary/aromatic N) is 3. The van der Waals surface area contributed by atoms with Crippen LogP contribution in [0.3, 0.4) is 0 Å². The summed E-state index contributed by atoms with van der Waals surface area (Å²) in [6.45, 7) is 5.18. The fraction of sp³-hybridized carbons (Fsp3) is 0.400. The van der Waals surface area contributed by atoms with Crippen molar-refractivity contribution in [3.63, 3.8) is 0 Å². The number of halogens is 1. The fourth-order valence-corrected chi connectivity index (χ4v) is 4.36. The molecule has 0 aliphatic carbocycles. The number of likely N-dealkylation sites (tertiary alicyclic amines) is 1. The molecular weight excluding hydrogens is 468 g/mol. The van der Waals surface area contributed by atoms with Gasteiger partial charge in [0.2, 0.25) is 17.6 Å². The minimum absolute atomic E-state index is 0.0891. The molecule has 1 amide bonds. The third-order valence-electron chi connectivity index (χ3n) is 5.91. The lowest BCUT2D eigenvalue weighted by atomic mass is 9.96. The molecular formula is C25H29BrN4O2. The van der Waals surface area contributed by atoms with Crippen molar-refractivity contribution in [2.45, 2.75) is 39.2 Å². The number of amides is 1. The van der Waals surface area contributed by atoms with Crippen LogP contribution in [-0.2, 0) is 17.8 Å². The second kappa shape index (κ2) is 10.9. The Balaban J connectivity index is 1.17. The number of carbonyl (C=O) groups is 1. The van der Waals surface area contributed by atoms with Gasteiger partial charge in [0.25, 0.3) is 0 Å². The van der Waals surface area contributed by atoms with Gasteiger partial charge in [0.05, 0.1) is 6.54 Å². The van der Waals surface area contributed by atoms with Crippen LogP contribution >= 0.6 is 15.9 Å². The van der Waals surface area contributed by atoms with Gasteiger partial charge in [-0.05, 0) is 75.5 Å². The fourth-order valence-electron chi connectivity index (χ4n) is 4.10. The van der Waals surface area contributed by atoms with E-state index in [1.807, 2.05) is 24.3 Å². The summed E-state index contributed by atoms with van der Waals surface area (Å²) in [5.41, 5.74) is 3.54. The molecule has 0 spiro atoms. The largest absolute Gasteiger partial charge is 0.356 e. The Hall–Kier alpha value is -2.51. The Bertz CT molecular complexity index is 1030. The average molecular weight is 497 g/mol. The summed E-state index contributed by atoms with van der Waals surface area (Å²) in [4.78, 5) is 19.3. The van der Waals surface area contributed by atoms with E-state index in [9.17, 15) is 4.79 Å². The minimum Gasteiger partial charge on any atom is -0.356 e. The normalized spacial score (nSPS) is 15.1. The van der Waals surface area contributed by atoms with Crippen LogP contribution in [0.4, 0.5) is 0 Å². The van der Waals surface area contributed by atoms with Crippen molar-refractivity contribution in [3.8, 4) is 11.4 Å². The van der Waals surface area contributed by atoms with Gasteiger partial charge in [-0.15, -0.1) is 0 Å². The average Bonchev–Trinajstić information content (AvgIpc) is 3.26. The zero-order valence-electron chi connectivity index (χ0n) is 18.4. The molecule has 2 aromatic carbocycles. The maximum absolute atomic E-state index is 12.5. The summed E-state index contributed by atoms with van der Waals surface area (Å²) in [6, 6.07) is 16.4. The van der Waals surface area contributed by atoms with Crippen molar-refractivity contribution in [1.29, 1.82) is 0 Å². The molecule has 1 aliphatic heterocycles. The Kier molecular flexibility index (Phi) is 7.71. The first kappa shape index (κ1) is 22.7. The number of carbonyl (C=O) groups excluding carboxylic acids is 1. The second-order valence-electron chi connectivity index (χ2n) is 8.45. The van der Waals surface area contributed by atoms with Crippen LogP contribution in [0.5, 0.6) is 0 Å². The molecule has 0 saturated carbocycles. The van der Waals surface area contributed by atoms with Crippen LogP contribution < -0.4 is 5.32 Å². The van der Waals surface area contributed by atoms with E-state index in [2.05, 4.69) is 67.5 Å². The van der Waals surface area contributed by atoms with Crippen LogP contribution in [0.2, 0.25) is 0 Å². The SMILES string of the molecule is Cc1cccc(CCCNC(=O)C2CCN(Cc3nc(-c4ccc(Br)cc4)no3)CC2)c1. The lowest BCUT2D eigenvalue weighted by molar-refractivity contribution is -0.126. The number of hydrogen-bond donors (Lipinski definition) is 1. The molecule has 32 heavy (non-hydrogen) atoms. The Morgan fingerprint density at radius 2 is 1.97 bits per heavy atom. The Morgan fingerprint density at radius 1 is 1.19 bits per heavy atom. The molecule has 1 aromatic heterocycles. The molecule has 7 heteroatoms. The molecule has 0 radical (unpaired) electrons. The predicted molar refractivity (Wildman–Crippen MR) is 128 cm³/mol. The topological polar surface area (TPSA) is 71.3 Å². The van der Waals surface area contributed by atoms with Gasteiger partial charge in [-0.2, -0.15) is 4.98 Å². The van der Waals surface area contributed by atoms with Gasteiger partial charge in [0.15, 0.2) is 0 Å². The quantitative estimate of drug-likeness (QED) is 0.454. The highest BCUT2D eigenvalue weighted by atomic mass is 79.9. The van der Waals surface area contributed by atoms with Crippen molar-refractivity contribution in [1.82, 2.24) is 20.4 Å². The maximum atomic E-state index is 12.5. The van der Waals surface area contributed by atoms with E-state index in [-0.39, 0.29) is 11.8 Å². The van der Waals surface area contributed by atoms with E-state index >= 15 is 0 Å². The molecule has 2 heterocycles. The zero-order chi connectivity index (χ0) is 22.3. The van der Waals surface area contributed by atoms with Gasteiger partial charge in [0.1, 0.15) is 0 Å². The first-order chi connectivity index (χ1) is 15.6. The molecule has 1 N–H and O–H groups in total. The van der Waals surface area contributed by atoms with Crippen molar-refractivity contribution < 1.29 is 9.32 Å². The number of piperidine rings is 1. The third-order valence-corrected chi connectivity index (χ3v) is 6.44. The van der Waals surface area contributed by atoms with Crippen LogP contribution in [0, 0.1) is 12.8 Å². The van der Waals surface area contributed by atoms with Gasteiger partial charge in [-0.25, -0.2) is 0 Å². The molecule has 4 rings (SSSR count). The molecule has 3 aromatic rings. The Labute approximate surface area is 197 Å². The number of rotatable bonds is 8. The lowest BCUT2D eigenvalue weighted by Crippen LogP contribution is -2.40. The Morgan fingerprint density at radius 3 is 2.72 bits per heavy atom. The first-order valence-corrected chi connectivity index (χ1v) is 12.0. The van der Waals surface area contributed by atoms with Crippen molar-refractivity contribution in [3.05, 3.63) is 70.0 Å². The lowest BCUT2D eigenvalue weighted by Gasteiger charge is -2.30. The number of benzene rings is 2. The first-order valence-electron chi connectivity index (χ1n) is 11.2. The molecule has 168 valence electrons. The zero-order valence-corrected chi connectivity index (χ0v) is 20.0. The van der Waals surface area contributed by atoms with Gasteiger partial charge in [-0.1, -0.05) is 50.9 Å². The predicted octanol–water partition coefficient (Wildman–Crippen LogP) is 4.77. The number of hydrogen-bond acceptors (Lipinski definition) is 5. The van der Waals surface area contributed by atoms with Crippen LogP contribution in [0.1, 0.15) is 36.3 Å². The summed E-state index contributed by atoms with van der Waals surface area (Å²) in [5, 5.41) is 7.23. The molecule has 1 aliphatic rings. The van der Waals surface area contributed by atoms with Crippen LogP contribution in [0.15, 0.2) is 57.5 Å². The maximum Gasteiger partial charge on any atom is 0.241 e. The molecule has 0 unspecified atom stereocenters. The molecule has 6 nitrogen and oxygen atoms in total. The summed E-state index contributed by atoms with van der Waals surface area (Å²) in [6.07, 6.45) is 3.67. The highest BCUT2D eigenvalue weighted by Crippen LogP contribution is 2.22. The summed E-state index contributed by atoms with van der Waals surface area (Å²) < 4.78 is 6.46. The summed E-state index contributed by atoms with van der Waals surface area (Å²) >= 11 is 3.43. The highest BCUT2D eigenvalue weighted by Gasteiger charge is 2.25. The molecule has 0 bridgehead atoms. The molecule has 1 saturated heterocycles. The van der Waals surface area contributed by atoms with E-state index in [4.69, 9.17) is 4.52 Å². The van der Waals surface area contributed by atoms with Crippen molar-refractivity contribution >= 4 is 21.8 Å². The van der Waals surface area contributed by atoms with Gasteiger partial charge in [-0.3, -0.25) is 9.69 Å². The third kappa shape index (κ3) is 6.26. The second-order valence-corrected chi connectivity index (χ2v) is 9.37. The number of aromatic nitrogens is 2.